The van der Waals surface area contributed by atoms with Crippen LogP contribution in [0, 0.1) is 5.92 Å². The van der Waals surface area contributed by atoms with Gasteiger partial charge in [-0.25, -0.2) is 4.79 Å². The molecule has 0 aliphatic carbocycles. The van der Waals surface area contributed by atoms with E-state index < -0.39 is 34.4 Å². The van der Waals surface area contributed by atoms with Crippen LogP contribution in [0.25, 0.3) is 10.8 Å². The quantitative estimate of drug-likeness (QED) is 0.584. The maximum Gasteiger partial charge on any atom is 0.319 e. The fraction of sp³-hybridized carbons (Fsp3) is 0.222. The summed E-state index contributed by atoms with van der Waals surface area (Å²) in [6, 6.07) is 12.2. The summed E-state index contributed by atoms with van der Waals surface area (Å²) in [6.07, 6.45) is 0. The first-order valence-corrected chi connectivity index (χ1v) is 8.87. The SMILES string of the molecule is C=C1NC(=O)NC(c2cccc3ccccc23)C1C(=O)OCC(Cl)(Cl)Cl. The van der Waals surface area contributed by atoms with E-state index in [0.29, 0.717) is 0 Å². The van der Waals surface area contributed by atoms with Crippen LogP contribution in [0.2, 0.25) is 0 Å². The van der Waals surface area contributed by atoms with Gasteiger partial charge in [0.15, 0.2) is 0 Å². The second kappa shape index (κ2) is 7.35. The minimum atomic E-state index is -1.72. The van der Waals surface area contributed by atoms with Gasteiger partial charge in [0, 0.05) is 5.70 Å². The fourth-order valence-corrected chi connectivity index (χ4v) is 3.15. The van der Waals surface area contributed by atoms with Crippen molar-refractivity contribution in [3.05, 3.63) is 60.3 Å². The lowest BCUT2D eigenvalue weighted by atomic mass is 9.86. The third-order valence-electron chi connectivity index (χ3n) is 4.06. The van der Waals surface area contributed by atoms with Crippen LogP contribution in [0.3, 0.4) is 0 Å². The molecule has 3 rings (SSSR count). The Hall–Kier alpha value is -1.95. The van der Waals surface area contributed by atoms with Gasteiger partial charge in [-0.15, -0.1) is 0 Å². The van der Waals surface area contributed by atoms with Crippen LogP contribution in [-0.2, 0) is 9.53 Å². The first kappa shape index (κ1) is 18.8. The number of urea groups is 1. The van der Waals surface area contributed by atoms with Crippen LogP contribution in [0.15, 0.2) is 54.7 Å². The molecule has 2 N–H and O–H groups in total. The Bertz CT molecular complexity index is 874. The summed E-state index contributed by atoms with van der Waals surface area (Å²) in [4.78, 5) is 24.6. The molecule has 0 saturated carbocycles. The highest BCUT2D eigenvalue weighted by molar-refractivity contribution is 6.67. The van der Waals surface area contributed by atoms with Crippen LogP contribution in [0.5, 0.6) is 0 Å². The zero-order valence-electron chi connectivity index (χ0n) is 13.5. The summed E-state index contributed by atoms with van der Waals surface area (Å²) in [6.45, 7) is 3.39. The monoisotopic (exact) mass is 412 g/mol. The van der Waals surface area contributed by atoms with E-state index in [4.69, 9.17) is 39.5 Å². The van der Waals surface area contributed by atoms with E-state index in [9.17, 15) is 9.59 Å². The fourth-order valence-electron chi connectivity index (χ4n) is 2.99. The van der Waals surface area contributed by atoms with Crippen molar-refractivity contribution in [1.82, 2.24) is 10.6 Å². The number of alkyl halides is 3. The summed E-state index contributed by atoms with van der Waals surface area (Å²) in [7, 11) is 0. The van der Waals surface area contributed by atoms with Crippen molar-refractivity contribution in [2.75, 3.05) is 6.61 Å². The van der Waals surface area contributed by atoms with E-state index in [1.807, 2.05) is 42.5 Å². The average Bonchev–Trinajstić information content (AvgIpc) is 2.58. The van der Waals surface area contributed by atoms with Gasteiger partial charge >= 0.3 is 12.0 Å². The highest BCUT2D eigenvalue weighted by Gasteiger charge is 2.40. The summed E-state index contributed by atoms with van der Waals surface area (Å²) >= 11 is 17.0. The van der Waals surface area contributed by atoms with Crippen molar-refractivity contribution in [2.45, 2.75) is 9.83 Å². The Morgan fingerprint density at radius 1 is 1.15 bits per heavy atom. The van der Waals surface area contributed by atoms with E-state index in [1.54, 1.807) is 0 Å². The number of hydrogen-bond donors (Lipinski definition) is 2. The number of benzene rings is 2. The molecule has 5 nitrogen and oxygen atoms in total. The van der Waals surface area contributed by atoms with Gasteiger partial charge < -0.3 is 15.4 Å². The van der Waals surface area contributed by atoms with Crippen LogP contribution >= 0.6 is 34.8 Å². The highest BCUT2D eigenvalue weighted by atomic mass is 35.6. The number of nitrogens with one attached hydrogen (secondary N) is 2. The molecule has 1 aliphatic rings. The lowest BCUT2D eigenvalue weighted by Crippen LogP contribution is -2.51. The van der Waals surface area contributed by atoms with Crippen LogP contribution < -0.4 is 10.6 Å². The van der Waals surface area contributed by atoms with E-state index in [-0.39, 0.29) is 5.70 Å². The molecule has 2 unspecified atom stereocenters. The zero-order valence-corrected chi connectivity index (χ0v) is 15.7. The van der Waals surface area contributed by atoms with Crippen molar-refractivity contribution in [2.24, 2.45) is 5.92 Å². The first-order chi connectivity index (χ1) is 12.3. The molecule has 2 aromatic carbocycles. The lowest BCUT2D eigenvalue weighted by Gasteiger charge is -2.34. The minimum Gasteiger partial charge on any atom is -0.461 e. The molecule has 2 aromatic rings. The van der Waals surface area contributed by atoms with Gasteiger partial charge in [-0.3, -0.25) is 4.79 Å². The van der Waals surface area contributed by atoms with Crippen LogP contribution in [0.4, 0.5) is 4.79 Å². The molecule has 8 heteroatoms. The van der Waals surface area contributed by atoms with Crippen LogP contribution in [-0.4, -0.2) is 22.4 Å². The number of hydrogen-bond acceptors (Lipinski definition) is 3. The molecule has 2 amide bonds. The predicted octanol–water partition coefficient (Wildman–Crippen LogP) is 4.24. The van der Waals surface area contributed by atoms with E-state index in [2.05, 4.69) is 17.2 Å². The Balaban J connectivity index is 1.99. The third kappa shape index (κ3) is 4.06. The van der Waals surface area contributed by atoms with Gasteiger partial charge in [0.2, 0.25) is 3.79 Å². The largest absolute Gasteiger partial charge is 0.461 e. The lowest BCUT2D eigenvalue weighted by molar-refractivity contribution is -0.148. The minimum absolute atomic E-state index is 0.223. The van der Waals surface area contributed by atoms with Crippen molar-refractivity contribution < 1.29 is 14.3 Å². The number of carbonyl (C=O) groups excluding carboxylic acids is 2. The first-order valence-electron chi connectivity index (χ1n) is 7.73. The van der Waals surface area contributed by atoms with Gasteiger partial charge in [0.25, 0.3) is 0 Å². The Morgan fingerprint density at radius 2 is 1.85 bits per heavy atom. The molecule has 0 bridgehead atoms. The maximum atomic E-state index is 12.6. The number of carbonyl (C=O) groups is 2. The summed E-state index contributed by atoms with van der Waals surface area (Å²) in [5.74, 6) is -1.52. The predicted molar refractivity (Wildman–Crippen MR) is 102 cm³/mol. The topological polar surface area (TPSA) is 67.4 Å². The second-order valence-electron chi connectivity index (χ2n) is 5.87. The van der Waals surface area contributed by atoms with Crippen LogP contribution in [0.1, 0.15) is 11.6 Å². The standard InChI is InChI=1S/C18H15Cl3N2O3/c1-10-14(16(24)26-9-18(19,20)21)15(23-17(25)22-10)13-8-4-6-11-5-2-3-7-12(11)13/h2-8,14-15H,1,9H2,(H2,22,23,25). The van der Waals surface area contributed by atoms with Crippen molar-refractivity contribution in [3.8, 4) is 0 Å². The number of halogens is 3. The molecule has 1 fully saturated rings. The van der Waals surface area contributed by atoms with Gasteiger partial charge in [-0.1, -0.05) is 83.8 Å². The van der Waals surface area contributed by atoms with Gasteiger partial charge in [0.1, 0.15) is 12.5 Å². The molecule has 136 valence electrons. The number of fused-ring (bicyclic) bond motifs is 1. The molecular weight excluding hydrogens is 399 g/mol. The van der Waals surface area contributed by atoms with E-state index in [1.165, 1.54) is 0 Å². The zero-order chi connectivity index (χ0) is 18.9. The van der Waals surface area contributed by atoms with E-state index in [0.717, 1.165) is 16.3 Å². The molecular formula is C18H15Cl3N2O3. The second-order valence-corrected chi connectivity index (χ2v) is 8.39. The normalized spacial score (nSPS) is 20.4. The number of ether oxygens (including phenoxy) is 1. The summed E-state index contributed by atoms with van der Waals surface area (Å²) in [5.41, 5.74) is 0.996. The Kier molecular flexibility index (Phi) is 5.32. The van der Waals surface area contributed by atoms with Crippen molar-refractivity contribution in [1.29, 1.82) is 0 Å². The molecule has 1 aliphatic heterocycles. The molecule has 0 radical (unpaired) electrons. The maximum absolute atomic E-state index is 12.6. The third-order valence-corrected chi connectivity index (χ3v) is 4.39. The molecule has 0 spiro atoms. The molecule has 2 atom stereocenters. The molecule has 26 heavy (non-hydrogen) atoms. The highest BCUT2D eigenvalue weighted by Crippen LogP contribution is 2.35. The number of amides is 2. The van der Waals surface area contributed by atoms with E-state index >= 15 is 0 Å². The molecule has 1 heterocycles. The average molecular weight is 414 g/mol. The number of esters is 1. The summed E-state index contributed by atoms with van der Waals surface area (Å²) < 4.78 is 3.40. The van der Waals surface area contributed by atoms with Gasteiger partial charge in [0.05, 0.1) is 6.04 Å². The summed E-state index contributed by atoms with van der Waals surface area (Å²) in [5, 5.41) is 7.18. The Morgan fingerprint density at radius 3 is 2.58 bits per heavy atom. The number of rotatable bonds is 3. The van der Waals surface area contributed by atoms with Crippen molar-refractivity contribution >= 4 is 57.6 Å². The molecule has 0 aromatic heterocycles. The van der Waals surface area contributed by atoms with Gasteiger partial charge in [-0.05, 0) is 16.3 Å². The van der Waals surface area contributed by atoms with Crippen molar-refractivity contribution in [3.63, 3.8) is 0 Å². The smallest absolute Gasteiger partial charge is 0.319 e. The molecule has 1 saturated heterocycles. The Labute approximate surface area is 165 Å². The van der Waals surface area contributed by atoms with Gasteiger partial charge in [-0.2, -0.15) is 0 Å².